The Morgan fingerprint density at radius 1 is 1.52 bits per heavy atom. The molecule has 2 aromatic rings. The van der Waals surface area contributed by atoms with E-state index in [-0.39, 0.29) is 36.1 Å². The first-order valence-corrected chi connectivity index (χ1v) is 7.39. The van der Waals surface area contributed by atoms with Gasteiger partial charge in [0.05, 0.1) is 17.5 Å². The summed E-state index contributed by atoms with van der Waals surface area (Å²) in [5, 5.41) is 9.06. The van der Waals surface area contributed by atoms with Gasteiger partial charge < -0.3 is 14.8 Å². The van der Waals surface area contributed by atoms with E-state index >= 15 is 0 Å². The molecule has 2 N–H and O–H groups in total. The highest BCUT2D eigenvalue weighted by atomic mass is 127. The molecule has 0 amide bonds. The lowest BCUT2D eigenvalue weighted by Gasteiger charge is -2.09. The molecule has 0 unspecified atom stereocenters. The quantitative estimate of drug-likeness (QED) is 0.603. The Morgan fingerprint density at radius 3 is 2.86 bits per heavy atom. The molecule has 21 heavy (non-hydrogen) atoms. The lowest BCUT2D eigenvalue weighted by Crippen LogP contribution is -2.19. The Bertz CT molecular complexity index is 757. The van der Waals surface area contributed by atoms with Crippen molar-refractivity contribution in [3.63, 3.8) is 0 Å². The van der Waals surface area contributed by atoms with Crippen LogP contribution in [-0.2, 0) is 11.2 Å². The number of nitrogens with one attached hydrogen (secondary N) is 1. The molecule has 0 bridgehead atoms. The fourth-order valence-corrected chi connectivity index (χ4v) is 2.85. The minimum absolute atomic E-state index is 0.0249. The van der Waals surface area contributed by atoms with Crippen molar-refractivity contribution in [2.45, 2.75) is 13.3 Å². The molecule has 0 aliphatic carbocycles. The van der Waals surface area contributed by atoms with Crippen LogP contribution in [0.4, 0.5) is 4.39 Å². The molecule has 0 fully saturated rings. The summed E-state index contributed by atoms with van der Waals surface area (Å²) in [7, 11) is 0. The van der Waals surface area contributed by atoms with Crippen LogP contribution in [0.2, 0.25) is 0 Å². The number of pyridine rings is 1. The molecule has 1 aromatic heterocycles. The first-order valence-electron chi connectivity index (χ1n) is 6.31. The van der Waals surface area contributed by atoms with E-state index in [0.717, 1.165) is 6.20 Å². The number of fused-ring (bicyclic) bond motifs is 1. The van der Waals surface area contributed by atoms with Crippen LogP contribution in [0.25, 0.3) is 10.9 Å². The number of aromatic nitrogens is 1. The maximum absolute atomic E-state index is 14.4. The van der Waals surface area contributed by atoms with Crippen molar-refractivity contribution in [3.05, 3.63) is 43.0 Å². The summed E-state index contributed by atoms with van der Waals surface area (Å²) in [4.78, 5) is 26.6. The number of aromatic amines is 1. The third kappa shape index (κ3) is 2.93. The molecular formula is C14H13FINO4. The van der Waals surface area contributed by atoms with Crippen molar-refractivity contribution in [2.24, 2.45) is 0 Å². The second-order valence-electron chi connectivity index (χ2n) is 4.30. The lowest BCUT2D eigenvalue weighted by molar-refractivity contribution is 0.0524. The van der Waals surface area contributed by atoms with Gasteiger partial charge in [-0.3, -0.25) is 4.79 Å². The van der Waals surface area contributed by atoms with Crippen molar-refractivity contribution in [3.8, 4) is 0 Å². The molecular weight excluding hydrogens is 392 g/mol. The van der Waals surface area contributed by atoms with Gasteiger partial charge in [-0.15, -0.1) is 0 Å². The predicted molar refractivity (Wildman–Crippen MR) is 84.0 cm³/mol. The van der Waals surface area contributed by atoms with Gasteiger partial charge in [-0.1, -0.05) is 0 Å². The second-order valence-corrected chi connectivity index (χ2v) is 5.46. The number of ether oxygens (including phenoxy) is 1. The number of esters is 1. The summed E-state index contributed by atoms with van der Waals surface area (Å²) < 4.78 is 19.7. The van der Waals surface area contributed by atoms with Crippen LogP contribution in [-0.4, -0.2) is 29.3 Å². The third-order valence-corrected chi connectivity index (χ3v) is 3.98. The van der Waals surface area contributed by atoms with Gasteiger partial charge in [0.1, 0.15) is 5.56 Å². The third-order valence-electron chi connectivity index (χ3n) is 3.02. The molecule has 0 aliphatic rings. The number of aliphatic hydroxyl groups is 1. The fraction of sp³-hybridized carbons (Fsp3) is 0.286. The largest absolute Gasteiger partial charge is 0.462 e. The van der Waals surface area contributed by atoms with Gasteiger partial charge in [0.2, 0.25) is 5.43 Å². The van der Waals surface area contributed by atoms with Crippen molar-refractivity contribution in [1.82, 2.24) is 4.98 Å². The highest BCUT2D eigenvalue weighted by molar-refractivity contribution is 14.1. The maximum Gasteiger partial charge on any atom is 0.343 e. The summed E-state index contributed by atoms with van der Waals surface area (Å²) in [6.45, 7) is 1.60. The van der Waals surface area contributed by atoms with E-state index in [2.05, 4.69) is 4.98 Å². The zero-order chi connectivity index (χ0) is 15.6. The molecule has 0 spiro atoms. The summed E-state index contributed by atoms with van der Waals surface area (Å²) in [5.41, 5.74) is -0.369. The number of aliphatic hydroxyl groups excluding tert-OH is 1. The Labute approximate surface area is 133 Å². The number of benzene rings is 1. The molecule has 0 atom stereocenters. The van der Waals surface area contributed by atoms with Crippen molar-refractivity contribution >= 4 is 39.5 Å². The molecule has 0 aliphatic heterocycles. The van der Waals surface area contributed by atoms with E-state index in [1.165, 1.54) is 6.07 Å². The van der Waals surface area contributed by atoms with Crippen molar-refractivity contribution in [2.75, 3.05) is 13.2 Å². The summed E-state index contributed by atoms with van der Waals surface area (Å²) in [5.74, 6) is -1.33. The Hall–Kier alpha value is -1.48. The van der Waals surface area contributed by atoms with Crippen LogP contribution >= 0.6 is 22.6 Å². The molecule has 1 aromatic carbocycles. The second kappa shape index (κ2) is 6.52. The zero-order valence-corrected chi connectivity index (χ0v) is 13.4. The standard InChI is InChI=1S/C14H13FINO4/c1-2-21-14(20)9-6-17-12-8(13(9)19)5-10(16)7(3-4-18)11(12)15/h5-6,18H,2-4H2,1H3,(H,17,19). The predicted octanol–water partition coefficient (Wildman–Crippen LogP) is 1.98. The van der Waals surface area contributed by atoms with E-state index in [1.54, 1.807) is 6.92 Å². The molecule has 1 heterocycles. The Kier molecular flexibility index (Phi) is 4.94. The average molecular weight is 405 g/mol. The van der Waals surface area contributed by atoms with E-state index in [4.69, 9.17) is 9.84 Å². The van der Waals surface area contributed by atoms with Gasteiger partial charge in [-0.25, -0.2) is 9.18 Å². The average Bonchev–Trinajstić information content (AvgIpc) is 2.45. The Morgan fingerprint density at radius 2 is 2.24 bits per heavy atom. The van der Waals surface area contributed by atoms with E-state index in [9.17, 15) is 14.0 Å². The van der Waals surface area contributed by atoms with Crippen LogP contribution in [0.5, 0.6) is 0 Å². The molecule has 2 rings (SSSR count). The van der Waals surface area contributed by atoms with E-state index in [0.29, 0.717) is 9.13 Å². The number of carbonyl (C=O) groups excluding carboxylic acids is 1. The van der Waals surface area contributed by atoms with Crippen molar-refractivity contribution in [1.29, 1.82) is 0 Å². The number of hydrogen-bond acceptors (Lipinski definition) is 4. The smallest absolute Gasteiger partial charge is 0.343 e. The molecule has 7 heteroatoms. The molecule has 0 saturated heterocycles. The van der Waals surface area contributed by atoms with Crippen LogP contribution in [0.1, 0.15) is 22.8 Å². The Balaban J connectivity index is 2.70. The molecule has 112 valence electrons. The fourth-order valence-electron chi connectivity index (χ4n) is 2.04. The van der Waals surface area contributed by atoms with Gasteiger partial charge in [0.25, 0.3) is 0 Å². The number of H-pyrrole nitrogens is 1. The highest BCUT2D eigenvalue weighted by Gasteiger charge is 2.18. The van der Waals surface area contributed by atoms with Crippen molar-refractivity contribution < 1.29 is 19.0 Å². The van der Waals surface area contributed by atoms with Crippen LogP contribution in [0.3, 0.4) is 0 Å². The first-order chi connectivity index (χ1) is 10.0. The SMILES string of the molecule is CCOC(=O)c1c[nH]c2c(F)c(CCO)c(I)cc2c1=O. The van der Waals surface area contributed by atoms with Gasteiger partial charge in [0.15, 0.2) is 5.82 Å². The topological polar surface area (TPSA) is 79.4 Å². The van der Waals surface area contributed by atoms with Crippen LogP contribution in [0, 0.1) is 9.39 Å². The van der Waals surface area contributed by atoms with Gasteiger partial charge in [-0.05, 0) is 42.0 Å². The summed E-state index contributed by atoms with van der Waals surface area (Å²) in [6.07, 6.45) is 1.31. The zero-order valence-electron chi connectivity index (χ0n) is 11.2. The number of halogens is 2. The first kappa shape index (κ1) is 15.9. The molecule has 0 saturated carbocycles. The minimum atomic E-state index is -0.740. The summed E-state index contributed by atoms with van der Waals surface area (Å²) in [6, 6.07) is 1.51. The van der Waals surface area contributed by atoms with Crippen LogP contribution < -0.4 is 5.43 Å². The molecule has 0 radical (unpaired) electrons. The highest BCUT2D eigenvalue weighted by Crippen LogP contribution is 2.23. The number of rotatable bonds is 4. The monoisotopic (exact) mass is 405 g/mol. The maximum atomic E-state index is 14.4. The van der Waals surface area contributed by atoms with E-state index < -0.39 is 17.2 Å². The van der Waals surface area contributed by atoms with Gasteiger partial charge >= 0.3 is 5.97 Å². The molecule has 5 nitrogen and oxygen atoms in total. The summed E-state index contributed by atoms with van der Waals surface area (Å²) >= 11 is 1.90. The van der Waals surface area contributed by atoms with E-state index in [1.807, 2.05) is 22.6 Å². The van der Waals surface area contributed by atoms with Gasteiger partial charge in [0, 0.05) is 21.9 Å². The lowest BCUT2D eigenvalue weighted by atomic mass is 10.1. The number of hydrogen-bond donors (Lipinski definition) is 2. The van der Waals surface area contributed by atoms with Crippen LogP contribution in [0.15, 0.2) is 17.1 Å². The van der Waals surface area contributed by atoms with Gasteiger partial charge in [-0.2, -0.15) is 0 Å². The number of carbonyl (C=O) groups is 1. The normalized spacial score (nSPS) is 10.9. The minimum Gasteiger partial charge on any atom is -0.462 e.